The second-order valence-electron chi connectivity index (χ2n) is 4.83. The lowest BCUT2D eigenvalue weighted by Crippen LogP contribution is -2.08. The zero-order valence-electron chi connectivity index (χ0n) is 12.9. The molecule has 0 radical (unpaired) electrons. The van der Waals surface area contributed by atoms with Crippen LogP contribution >= 0.6 is 0 Å². The summed E-state index contributed by atoms with van der Waals surface area (Å²) in [4.78, 5) is 23.3. The Morgan fingerprint density at radius 2 is 2.05 bits per heavy atom. The number of aliphatic hydroxyl groups is 1. The first-order valence-corrected chi connectivity index (χ1v) is 7.08. The summed E-state index contributed by atoms with van der Waals surface area (Å²) in [6, 6.07) is 5.06. The van der Waals surface area contributed by atoms with Crippen LogP contribution in [0.3, 0.4) is 0 Å². The fourth-order valence-electron chi connectivity index (χ4n) is 2.54. The van der Waals surface area contributed by atoms with Crippen LogP contribution in [0.25, 0.3) is 10.9 Å². The van der Waals surface area contributed by atoms with E-state index in [4.69, 9.17) is 9.47 Å². The van der Waals surface area contributed by atoms with Gasteiger partial charge in [-0.3, -0.25) is 4.79 Å². The number of carbonyl (C=O) groups excluding carboxylic acids is 2. The molecule has 2 aromatic rings. The Morgan fingerprint density at radius 1 is 1.32 bits per heavy atom. The van der Waals surface area contributed by atoms with Crippen LogP contribution in [0, 0.1) is 6.92 Å². The number of nitrogens with zero attached hydrogens (tertiary/aromatic N) is 1. The summed E-state index contributed by atoms with van der Waals surface area (Å²) in [5.41, 5.74) is 1.92. The molecule has 2 rings (SSSR count). The maximum Gasteiger partial charge on any atom is 0.340 e. The molecule has 1 aromatic carbocycles. The molecule has 0 spiro atoms. The molecular weight excluding hydrogens is 286 g/mol. The number of aliphatic hydroxyl groups excluding tert-OH is 1. The number of hydrogen-bond donors (Lipinski definition) is 1. The maximum absolute atomic E-state index is 12.2. The van der Waals surface area contributed by atoms with Crippen LogP contribution in [-0.4, -0.2) is 34.8 Å². The lowest BCUT2D eigenvalue weighted by atomic mass is 10.1. The first kappa shape index (κ1) is 16.0. The molecule has 1 heterocycles. The van der Waals surface area contributed by atoms with E-state index in [1.807, 2.05) is 4.57 Å². The maximum atomic E-state index is 12.2. The van der Waals surface area contributed by atoms with E-state index in [2.05, 4.69) is 0 Å². The molecule has 6 nitrogen and oxygen atoms in total. The molecule has 0 bridgehead atoms. The molecule has 0 aliphatic heterocycles. The quantitative estimate of drug-likeness (QED) is 0.675. The fourth-order valence-corrected chi connectivity index (χ4v) is 2.54. The number of hydrogen-bond acceptors (Lipinski definition) is 5. The van der Waals surface area contributed by atoms with Gasteiger partial charge in [-0.2, -0.15) is 0 Å². The Morgan fingerprint density at radius 3 is 2.64 bits per heavy atom. The molecule has 0 amide bonds. The van der Waals surface area contributed by atoms with E-state index < -0.39 is 11.9 Å². The Bertz CT molecular complexity index is 717. The summed E-state index contributed by atoms with van der Waals surface area (Å²) in [5, 5.41) is 9.86. The Kier molecular flexibility index (Phi) is 4.82. The van der Waals surface area contributed by atoms with Crippen LogP contribution in [0.5, 0.6) is 5.75 Å². The predicted octanol–water partition coefficient (Wildman–Crippen LogP) is 2.04. The highest BCUT2D eigenvalue weighted by atomic mass is 16.5. The van der Waals surface area contributed by atoms with E-state index in [1.54, 1.807) is 32.0 Å². The second kappa shape index (κ2) is 6.62. The minimum atomic E-state index is -0.429. The van der Waals surface area contributed by atoms with Gasteiger partial charge in [-0.25, -0.2) is 4.79 Å². The van der Waals surface area contributed by atoms with Gasteiger partial charge >= 0.3 is 11.9 Å². The first-order valence-electron chi connectivity index (χ1n) is 7.08. The lowest BCUT2D eigenvalue weighted by molar-refractivity contribution is -0.131. The van der Waals surface area contributed by atoms with Crippen molar-refractivity contribution in [3.8, 4) is 5.75 Å². The minimum Gasteiger partial charge on any atom is -0.462 e. The standard InChI is InChI=1S/C16H19NO5/c1-4-21-16(20)15-10(2)17(7-8-18)14-6-5-12(9-13(14)15)22-11(3)19/h5-6,9,18H,4,7-8H2,1-3H3. The molecule has 0 aliphatic carbocycles. The normalized spacial score (nSPS) is 10.7. The molecule has 0 aliphatic rings. The smallest absolute Gasteiger partial charge is 0.340 e. The van der Waals surface area contributed by atoms with E-state index in [1.165, 1.54) is 6.92 Å². The van der Waals surface area contributed by atoms with Crippen LogP contribution < -0.4 is 4.74 Å². The van der Waals surface area contributed by atoms with Gasteiger partial charge in [0.2, 0.25) is 0 Å². The number of fused-ring (bicyclic) bond motifs is 1. The van der Waals surface area contributed by atoms with Gasteiger partial charge in [0.25, 0.3) is 0 Å². The van der Waals surface area contributed by atoms with Gasteiger partial charge in [0.1, 0.15) is 5.75 Å². The molecule has 0 unspecified atom stereocenters. The van der Waals surface area contributed by atoms with Gasteiger partial charge < -0.3 is 19.1 Å². The fraction of sp³-hybridized carbons (Fsp3) is 0.375. The third-order valence-corrected chi connectivity index (χ3v) is 3.36. The zero-order valence-corrected chi connectivity index (χ0v) is 12.9. The Hall–Kier alpha value is -2.34. The summed E-state index contributed by atoms with van der Waals surface area (Å²) >= 11 is 0. The molecule has 6 heteroatoms. The number of aromatic nitrogens is 1. The van der Waals surface area contributed by atoms with Crippen LogP contribution in [0.15, 0.2) is 18.2 Å². The van der Waals surface area contributed by atoms with Gasteiger partial charge in [0.15, 0.2) is 0 Å². The molecular formula is C16H19NO5. The van der Waals surface area contributed by atoms with Crippen molar-refractivity contribution in [2.75, 3.05) is 13.2 Å². The van der Waals surface area contributed by atoms with Gasteiger partial charge in [0, 0.05) is 30.1 Å². The molecule has 1 N–H and O–H groups in total. The second-order valence-corrected chi connectivity index (χ2v) is 4.83. The van der Waals surface area contributed by atoms with Crippen molar-refractivity contribution < 1.29 is 24.2 Å². The van der Waals surface area contributed by atoms with E-state index in [0.717, 1.165) is 5.52 Å². The average Bonchev–Trinajstić information content (AvgIpc) is 2.71. The molecule has 22 heavy (non-hydrogen) atoms. The first-order chi connectivity index (χ1) is 10.5. The summed E-state index contributed by atoms with van der Waals surface area (Å²) in [6.45, 7) is 5.46. The molecule has 1 aromatic heterocycles. The van der Waals surface area contributed by atoms with Gasteiger partial charge in [-0.15, -0.1) is 0 Å². The van der Waals surface area contributed by atoms with E-state index in [-0.39, 0.29) is 13.2 Å². The molecule has 0 saturated carbocycles. The average molecular weight is 305 g/mol. The van der Waals surface area contributed by atoms with Gasteiger partial charge in [-0.05, 0) is 32.0 Å². The highest BCUT2D eigenvalue weighted by Gasteiger charge is 2.21. The summed E-state index contributed by atoms with van der Waals surface area (Å²) in [5.74, 6) is -0.489. The van der Waals surface area contributed by atoms with Crippen LogP contribution in [-0.2, 0) is 16.1 Å². The van der Waals surface area contributed by atoms with Crippen molar-refractivity contribution in [1.82, 2.24) is 4.57 Å². The highest BCUT2D eigenvalue weighted by Crippen LogP contribution is 2.30. The number of benzene rings is 1. The molecule has 118 valence electrons. The number of rotatable bonds is 5. The van der Waals surface area contributed by atoms with E-state index in [0.29, 0.717) is 28.9 Å². The summed E-state index contributed by atoms with van der Waals surface area (Å²) < 4.78 is 12.0. The number of esters is 2. The highest BCUT2D eigenvalue weighted by molar-refractivity contribution is 6.06. The van der Waals surface area contributed by atoms with Crippen LogP contribution in [0.2, 0.25) is 0 Å². The topological polar surface area (TPSA) is 77.8 Å². The lowest BCUT2D eigenvalue weighted by Gasteiger charge is -2.06. The third kappa shape index (κ3) is 2.96. The Labute approximate surface area is 128 Å². The molecule has 0 atom stereocenters. The van der Waals surface area contributed by atoms with Gasteiger partial charge in [-0.1, -0.05) is 0 Å². The van der Waals surface area contributed by atoms with Crippen molar-refractivity contribution in [3.05, 3.63) is 29.5 Å². The van der Waals surface area contributed by atoms with Crippen molar-refractivity contribution in [1.29, 1.82) is 0 Å². The van der Waals surface area contributed by atoms with E-state index >= 15 is 0 Å². The van der Waals surface area contributed by atoms with Gasteiger partial charge in [0.05, 0.1) is 18.8 Å². The monoisotopic (exact) mass is 305 g/mol. The summed E-state index contributed by atoms with van der Waals surface area (Å²) in [7, 11) is 0. The molecule has 0 saturated heterocycles. The zero-order chi connectivity index (χ0) is 16.3. The molecule has 0 fully saturated rings. The minimum absolute atomic E-state index is 0.0431. The number of ether oxygens (including phenoxy) is 2. The van der Waals surface area contributed by atoms with E-state index in [9.17, 15) is 14.7 Å². The Balaban J connectivity index is 2.65. The SMILES string of the molecule is CCOC(=O)c1c(C)n(CCO)c2ccc(OC(C)=O)cc12. The predicted molar refractivity (Wildman–Crippen MR) is 81.0 cm³/mol. The number of carbonyl (C=O) groups is 2. The van der Waals surface area contributed by atoms with Crippen molar-refractivity contribution in [2.24, 2.45) is 0 Å². The van der Waals surface area contributed by atoms with Crippen molar-refractivity contribution in [3.63, 3.8) is 0 Å². The van der Waals surface area contributed by atoms with Crippen LogP contribution in [0.4, 0.5) is 0 Å². The van der Waals surface area contributed by atoms with Crippen molar-refractivity contribution >= 4 is 22.8 Å². The third-order valence-electron chi connectivity index (χ3n) is 3.36. The summed E-state index contributed by atoms with van der Waals surface area (Å²) in [6.07, 6.45) is 0. The van der Waals surface area contributed by atoms with Crippen molar-refractivity contribution in [2.45, 2.75) is 27.3 Å². The largest absolute Gasteiger partial charge is 0.462 e. The van der Waals surface area contributed by atoms with Crippen LogP contribution in [0.1, 0.15) is 29.9 Å².